The van der Waals surface area contributed by atoms with Crippen LogP contribution in [0.5, 0.6) is 0 Å². The van der Waals surface area contributed by atoms with E-state index in [0.717, 1.165) is 64.2 Å². The van der Waals surface area contributed by atoms with Crippen LogP contribution in [-0.2, 0) is 19.1 Å². The van der Waals surface area contributed by atoms with Gasteiger partial charge in [0.2, 0.25) is 0 Å². The Bertz CT molecular complexity index is 1200. The third kappa shape index (κ3) is 58.2. The van der Waals surface area contributed by atoms with Crippen molar-refractivity contribution in [3.8, 4) is 0 Å². The number of carbonyl (C=O) groups excluding carboxylic acids is 2. The fourth-order valence-corrected chi connectivity index (χ4v) is 9.13. The Morgan fingerprint density at radius 1 is 0.329 bits per heavy atom. The molecule has 1 N–H and O–H groups in total. The molecule has 0 aromatic carbocycles. The molecule has 0 aliphatic carbocycles. The minimum atomic E-state index is -0.775. The van der Waals surface area contributed by atoms with Crippen molar-refractivity contribution in [1.29, 1.82) is 0 Å². The van der Waals surface area contributed by atoms with Gasteiger partial charge in [0.15, 0.2) is 6.10 Å². The van der Waals surface area contributed by atoms with Crippen molar-refractivity contribution in [2.75, 3.05) is 13.2 Å². The van der Waals surface area contributed by atoms with Crippen LogP contribution in [0, 0.1) is 0 Å². The highest BCUT2D eigenvalue weighted by Gasteiger charge is 2.16. The number of rotatable bonds is 57. The van der Waals surface area contributed by atoms with E-state index in [1.165, 1.54) is 231 Å². The van der Waals surface area contributed by atoms with Gasteiger partial charge in [0.25, 0.3) is 0 Å². The van der Waals surface area contributed by atoms with Crippen LogP contribution in [0.25, 0.3) is 0 Å². The first kappa shape index (κ1) is 67.6. The average molecular weight is 980 g/mol. The summed E-state index contributed by atoms with van der Waals surface area (Å²) in [6.07, 6.45) is 82.3. The molecule has 5 heteroatoms. The average Bonchev–Trinajstić information content (AvgIpc) is 3.36. The molecule has 1 atom stereocenters. The Kier molecular flexibility index (Phi) is 58.8. The zero-order valence-corrected chi connectivity index (χ0v) is 46.8. The predicted octanol–water partition coefficient (Wildman–Crippen LogP) is 21.0. The van der Waals surface area contributed by atoms with Crippen LogP contribution in [0.3, 0.4) is 0 Å². The molecule has 0 aromatic heterocycles. The van der Waals surface area contributed by atoms with Crippen LogP contribution in [0.4, 0.5) is 0 Å². The number of esters is 2. The summed E-state index contributed by atoms with van der Waals surface area (Å²) >= 11 is 0. The number of hydrogen-bond acceptors (Lipinski definition) is 5. The second-order valence-corrected chi connectivity index (χ2v) is 20.8. The van der Waals surface area contributed by atoms with E-state index in [-0.39, 0.29) is 25.2 Å². The summed E-state index contributed by atoms with van der Waals surface area (Å²) < 4.78 is 10.7. The molecule has 70 heavy (non-hydrogen) atoms. The highest BCUT2D eigenvalue weighted by molar-refractivity contribution is 5.70. The van der Waals surface area contributed by atoms with Gasteiger partial charge in [-0.15, -0.1) is 0 Å². The van der Waals surface area contributed by atoms with Crippen LogP contribution in [-0.4, -0.2) is 36.4 Å². The van der Waals surface area contributed by atoms with Crippen LogP contribution in [0.15, 0.2) is 60.8 Å². The van der Waals surface area contributed by atoms with Crippen molar-refractivity contribution in [2.24, 2.45) is 0 Å². The molecule has 0 spiro atoms. The van der Waals surface area contributed by atoms with Crippen LogP contribution in [0.1, 0.15) is 322 Å². The maximum Gasteiger partial charge on any atom is 0.306 e. The van der Waals surface area contributed by atoms with Gasteiger partial charge in [-0.2, -0.15) is 0 Å². The van der Waals surface area contributed by atoms with Crippen molar-refractivity contribution < 1.29 is 24.2 Å². The molecule has 0 amide bonds. The Hall–Kier alpha value is -2.40. The first-order valence-electron chi connectivity index (χ1n) is 30.8. The van der Waals surface area contributed by atoms with E-state index in [1.54, 1.807) is 0 Å². The Morgan fingerprint density at radius 3 is 0.886 bits per heavy atom. The van der Waals surface area contributed by atoms with Gasteiger partial charge in [0.05, 0.1) is 6.61 Å². The Balaban J connectivity index is 3.40. The molecular weight excluding hydrogens is 861 g/mol. The van der Waals surface area contributed by atoms with Crippen molar-refractivity contribution in [1.82, 2.24) is 0 Å². The maximum atomic E-state index is 12.3. The van der Waals surface area contributed by atoms with Crippen molar-refractivity contribution in [3.63, 3.8) is 0 Å². The molecule has 0 rings (SSSR count). The predicted molar refractivity (Wildman–Crippen MR) is 307 cm³/mol. The first-order valence-corrected chi connectivity index (χ1v) is 30.8. The monoisotopic (exact) mass is 979 g/mol. The first-order chi connectivity index (χ1) is 34.6. The van der Waals surface area contributed by atoms with E-state index in [2.05, 4.69) is 74.6 Å². The fraction of sp³-hybridized carbons (Fsp3) is 0.815. The van der Waals surface area contributed by atoms with Gasteiger partial charge in [-0.05, 0) is 83.5 Å². The number of allylic oxidation sites excluding steroid dienone is 10. The lowest BCUT2D eigenvalue weighted by Crippen LogP contribution is -2.28. The zero-order chi connectivity index (χ0) is 50.6. The summed E-state index contributed by atoms with van der Waals surface area (Å²) in [6.45, 7) is 4.13. The summed E-state index contributed by atoms with van der Waals surface area (Å²) in [5.41, 5.74) is 0. The molecule has 408 valence electrons. The molecule has 0 saturated heterocycles. The maximum absolute atomic E-state index is 12.3. The summed E-state index contributed by atoms with van der Waals surface area (Å²) in [7, 11) is 0. The highest BCUT2D eigenvalue weighted by atomic mass is 16.6. The lowest BCUT2D eigenvalue weighted by Gasteiger charge is -2.15. The number of aliphatic hydroxyl groups is 1. The summed E-state index contributed by atoms with van der Waals surface area (Å²) in [4.78, 5) is 24.5. The van der Waals surface area contributed by atoms with Gasteiger partial charge in [-0.3, -0.25) is 9.59 Å². The summed E-state index contributed by atoms with van der Waals surface area (Å²) in [5, 5.41) is 9.65. The second-order valence-electron chi connectivity index (χ2n) is 20.8. The molecule has 0 saturated carbocycles. The normalized spacial score (nSPS) is 12.6. The smallest absolute Gasteiger partial charge is 0.306 e. The molecule has 1 unspecified atom stereocenters. The number of ether oxygens (including phenoxy) is 2. The van der Waals surface area contributed by atoms with E-state index >= 15 is 0 Å². The standard InChI is InChI=1S/C65H118O5/c1-3-5-7-9-11-13-15-17-19-21-22-23-24-25-26-27-28-29-30-31-32-33-34-35-36-37-38-39-40-41-42-44-46-48-50-52-54-56-58-60-65(68)70-63(61-66)62-69-64(67)59-57-55-53-51-49-47-45-43-20-18-16-14-12-10-8-6-4-2/h12,14-15,17-18,20-22,24-25,63,66H,3-11,13,16,19,23,26-62H2,1-2H3/b14-12-,17-15-,20-18-,22-21-,25-24-. The van der Waals surface area contributed by atoms with E-state index < -0.39 is 6.10 Å². The van der Waals surface area contributed by atoms with E-state index in [1.807, 2.05) is 0 Å². The molecule has 5 nitrogen and oxygen atoms in total. The van der Waals surface area contributed by atoms with Crippen LogP contribution < -0.4 is 0 Å². The Morgan fingerprint density at radius 2 is 0.571 bits per heavy atom. The minimum Gasteiger partial charge on any atom is -0.462 e. The number of aliphatic hydroxyl groups excluding tert-OH is 1. The molecule has 0 fully saturated rings. The van der Waals surface area contributed by atoms with Gasteiger partial charge in [0.1, 0.15) is 6.61 Å². The van der Waals surface area contributed by atoms with Crippen molar-refractivity contribution in [3.05, 3.63) is 60.8 Å². The SMILES string of the molecule is CCCCC/C=C\C/C=C\CCCCCCCCCC(=O)OCC(CO)OC(=O)CCCCCCCCCCCCCCCCCCCCCCCCCC/C=C\C/C=C\C/C=C\CCCCCCC. The third-order valence-electron chi connectivity index (χ3n) is 13.8. The molecule has 0 radical (unpaired) electrons. The molecule has 0 aliphatic rings. The van der Waals surface area contributed by atoms with Gasteiger partial charge < -0.3 is 14.6 Å². The van der Waals surface area contributed by atoms with E-state index in [9.17, 15) is 14.7 Å². The van der Waals surface area contributed by atoms with Gasteiger partial charge >= 0.3 is 11.9 Å². The lowest BCUT2D eigenvalue weighted by molar-refractivity contribution is -0.161. The van der Waals surface area contributed by atoms with Gasteiger partial charge in [0, 0.05) is 12.8 Å². The molecule has 0 aliphatic heterocycles. The van der Waals surface area contributed by atoms with E-state index in [4.69, 9.17) is 9.47 Å². The highest BCUT2D eigenvalue weighted by Crippen LogP contribution is 2.17. The molecule has 0 bridgehead atoms. The molecular formula is C65H118O5. The second kappa shape index (κ2) is 60.9. The van der Waals surface area contributed by atoms with Crippen LogP contribution >= 0.6 is 0 Å². The quantitative estimate of drug-likeness (QED) is 0.0373. The zero-order valence-electron chi connectivity index (χ0n) is 46.8. The fourth-order valence-electron chi connectivity index (χ4n) is 9.13. The van der Waals surface area contributed by atoms with Crippen molar-refractivity contribution in [2.45, 2.75) is 328 Å². The number of unbranched alkanes of at least 4 members (excludes halogenated alkanes) is 39. The molecule has 0 heterocycles. The Labute approximate surface area is 436 Å². The topological polar surface area (TPSA) is 72.8 Å². The van der Waals surface area contributed by atoms with Crippen LogP contribution in [0.2, 0.25) is 0 Å². The summed E-state index contributed by atoms with van der Waals surface area (Å²) in [5.74, 6) is -0.587. The van der Waals surface area contributed by atoms with E-state index in [0.29, 0.717) is 12.8 Å². The lowest BCUT2D eigenvalue weighted by atomic mass is 10.0. The van der Waals surface area contributed by atoms with Crippen molar-refractivity contribution >= 4 is 11.9 Å². The minimum absolute atomic E-state index is 0.0675. The third-order valence-corrected chi connectivity index (χ3v) is 13.8. The molecule has 0 aromatic rings. The number of carbonyl (C=O) groups is 2. The van der Waals surface area contributed by atoms with Gasteiger partial charge in [-0.1, -0.05) is 286 Å². The summed E-state index contributed by atoms with van der Waals surface area (Å²) in [6, 6.07) is 0. The van der Waals surface area contributed by atoms with Gasteiger partial charge in [-0.25, -0.2) is 0 Å². The largest absolute Gasteiger partial charge is 0.462 e. The number of hydrogen-bond donors (Lipinski definition) is 1.